The molecule has 2 aliphatic rings. The zero-order chi connectivity index (χ0) is 17.0. The summed E-state index contributed by atoms with van der Waals surface area (Å²) in [7, 11) is 0. The lowest BCUT2D eigenvalue weighted by molar-refractivity contribution is -0.127. The number of nitrogens with one attached hydrogen (secondary N) is 2. The molecule has 2 aliphatic carbocycles. The molecule has 0 saturated heterocycles. The number of carbonyl (C=O) groups excluding carboxylic acids is 2. The molecule has 0 atom stereocenters. The third kappa shape index (κ3) is 8.16. The molecular weight excluding hydrogens is 300 g/mol. The van der Waals surface area contributed by atoms with Gasteiger partial charge in [0.05, 0.1) is 0 Å². The first kappa shape index (κ1) is 19.3. The van der Waals surface area contributed by atoms with Crippen LogP contribution in [0.15, 0.2) is 0 Å². The molecule has 0 aromatic carbocycles. The van der Waals surface area contributed by atoms with Crippen LogP contribution in [-0.4, -0.2) is 23.9 Å². The SMILES string of the molecule is O=C(CCC(=O)NC1CCCCCCC1)NC1CCCCCCC1. The summed E-state index contributed by atoms with van der Waals surface area (Å²) in [6.07, 6.45) is 17.7. The van der Waals surface area contributed by atoms with Gasteiger partial charge in [0.15, 0.2) is 0 Å². The summed E-state index contributed by atoms with van der Waals surface area (Å²) in [6, 6.07) is 0.651. The van der Waals surface area contributed by atoms with Crippen LogP contribution in [0.4, 0.5) is 0 Å². The summed E-state index contributed by atoms with van der Waals surface area (Å²) in [4.78, 5) is 24.2. The number of hydrogen-bond acceptors (Lipinski definition) is 2. The summed E-state index contributed by atoms with van der Waals surface area (Å²) in [5, 5.41) is 6.29. The molecule has 0 heterocycles. The highest BCUT2D eigenvalue weighted by Gasteiger charge is 2.17. The minimum absolute atomic E-state index is 0.0494. The summed E-state index contributed by atoms with van der Waals surface area (Å²) in [5.41, 5.74) is 0. The van der Waals surface area contributed by atoms with Gasteiger partial charge in [0.2, 0.25) is 11.8 Å². The lowest BCUT2D eigenvalue weighted by atomic mass is 9.96. The largest absolute Gasteiger partial charge is 0.353 e. The van der Waals surface area contributed by atoms with Gasteiger partial charge in [0.1, 0.15) is 0 Å². The van der Waals surface area contributed by atoms with E-state index in [9.17, 15) is 9.59 Å². The van der Waals surface area contributed by atoms with Crippen LogP contribution in [0.3, 0.4) is 0 Å². The predicted octanol–water partition coefficient (Wildman–Crippen LogP) is 4.22. The lowest BCUT2D eigenvalue weighted by Crippen LogP contribution is -2.38. The predicted molar refractivity (Wildman–Crippen MR) is 97.7 cm³/mol. The second-order valence-electron chi connectivity index (χ2n) is 7.72. The molecule has 2 saturated carbocycles. The Balaban J connectivity index is 1.61. The summed E-state index contributed by atoms with van der Waals surface area (Å²) >= 11 is 0. The smallest absolute Gasteiger partial charge is 0.220 e. The van der Waals surface area contributed by atoms with Crippen molar-refractivity contribution in [3.63, 3.8) is 0 Å². The fourth-order valence-corrected chi connectivity index (χ4v) is 4.03. The number of carbonyl (C=O) groups is 2. The van der Waals surface area contributed by atoms with Crippen LogP contribution < -0.4 is 10.6 Å². The molecular formula is C20H36N2O2. The van der Waals surface area contributed by atoms with E-state index in [4.69, 9.17) is 0 Å². The maximum absolute atomic E-state index is 12.1. The van der Waals surface area contributed by atoms with Gasteiger partial charge < -0.3 is 10.6 Å². The van der Waals surface area contributed by atoms with Gasteiger partial charge in [0, 0.05) is 24.9 Å². The molecule has 0 radical (unpaired) electrons. The van der Waals surface area contributed by atoms with E-state index in [0.717, 1.165) is 25.7 Å². The third-order valence-corrected chi connectivity index (χ3v) is 5.52. The number of rotatable bonds is 5. The highest BCUT2D eigenvalue weighted by Crippen LogP contribution is 2.18. The molecule has 0 aliphatic heterocycles. The Morgan fingerprint density at radius 3 is 1.17 bits per heavy atom. The molecule has 2 rings (SSSR count). The Morgan fingerprint density at radius 1 is 0.542 bits per heavy atom. The van der Waals surface area contributed by atoms with E-state index < -0.39 is 0 Å². The Labute approximate surface area is 147 Å². The van der Waals surface area contributed by atoms with E-state index in [2.05, 4.69) is 10.6 Å². The normalized spacial score (nSPS) is 21.8. The van der Waals surface area contributed by atoms with Gasteiger partial charge in [-0.15, -0.1) is 0 Å². The Morgan fingerprint density at radius 2 is 0.833 bits per heavy atom. The zero-order valence-corrected chi connectivity index (χ0v) is 15.3. The topological polar surface area (TPSA) is 58.2 Å². The second-order valence-corrected chi connectivity index (χ2v) is 7.72. The molecule has 4 nitrogen and oxygen atoms in total. The van der Waals surface area contributed by atoms with Gasteiger partial charge in [-0.1, -0.05) is 64.2 Å². The molecule has 2 N–H and O–H groups in total. The average molecular weight is 337 g/mol. The van der Waals surface area contributed by atoms with Crippen LogP contribution >= 0.6 is 0 Å². The molecule has 24 heavy (non-hydrogen) atoms. The van der Waals surface area contributed by atoms with Crippen molar-refractivity contribution >= 4 is 11.8 Å². The van der Waals surface area contributed by atoms with Crippen LogP contribution in [-0.2, 0) is 9.59 Å². The summed E-state index contributed by atoms with van der Waals surface area (Å²) in [5.74, 6) is 0.0989. The van der Waals surface area contributed by atoms with E-state index in [-0.39, 0.29) is 11.8 Å². The Bertz CT molecular complexity index is 332. The van der Waals surface area contributed by atoms with Crippen molar-refractivity contribution in [2.75, 3.05) is 0 Å². The summed E-state index contributed by atoms with van der Waals surface area (Å²) < 4.78 is 0. The molecule has 4 heteroatoms. The van der Waals surface area contributed by atoms with Gasteiger partial charge in [-0.25, -0.2) is 0 Å². The standard InChI is InChI=1S/C20H36N2O2/c23-19(21-17-11-7-3-1-4-8-12-17)15-16-20(24)22-18-13-9-5-2-6-10-14-18/h17-18H,1-16H2,(H,21,23)(H,22,24). The van der Waals surface area contributed by atoms with E-state index in [0.29, 0.717) is 24.9 Å². The van der Waals surface area contributed by atoms with Crippen LogP contribution in [0.1, 0.15) is 103 Å². The van der Waals surface area contributed by atoms with Crippen molar-refractivity contribution < 1.29 is 9.59 Å². The van der Waals surface area contributed by atoms with Crippen molar-refractivity contribution in [3.05, 3.63) is 0 Å². The Hall–Kier alpha value is -1.06. The fourth-order valence-electron chi connectivity index (χ4n) is 4.03. The van der Waals surface area contributed by atoms with Crippen LogP contribution in [0.25, 0.3) is 0 Å². The molecule has 0 aromatic rings. The maximum Gasteiger partial charge on any atom is 0.220 e. The van der Waals surface area contributed by atoms with Gasteiger partial charge in [-0.05, 0) is 25.7 Å². The number of amides is 2. The van der Waals surface area contributed by atoms with Crippen molar-refractivity contribution in [2.24, 2.45) is 0 Å². The first-order chi connectivity index (χ1) is 11.7. The molecule has 0 spiro atoms. The minimum atomic E-state index is 0.0494. The van der Waals surface area contributed by atoms with E-state index in [1.54, 1.807) is 0 Å². The first-order valence-corrected chi connectivity index (χ1v) is 10.3. The summed E-state index contributed by atoms with van der Waals surface area (Å²) in [6.45, 7) is 0. The third-order valence-electron chi connectivity index (χ3n) is 5.52. The molecule has 2 amide bonds. The fraction of sp³-hybridized carbons (Fsp3) is 0.900. The molecule has 138 valence electrons. The monoisotopic (exact) mass is 336 g/mol. The molecule has 0 bridgehead atoms. The van der Waals surface area contributed by atoms with Crippen LogP contribution in [0, 0.1) is 0 Å². The van der Waals surface area contributed by atoms with E-state index in [1.165, 1.54) is 64.2 Å². The number of hydrogen-bond donors (Lipinski definition) is 2. The van der Waals surface area contributed by atoms with Crippen LogP contribution in [0.5, 0.6) is 0 Å². The minimum Gasteiger partial charge on any atom is -0.353 e. The maximum atomic E-state index is 12.1. The quantitative estimate of drug-likeness (QED) is 0.789. The highest BCUT2D eigenvalue weighted by atomic mass is 16.2. The van der Waals surface area contributed by atoms with Crippen molar-refractivity contribution in [3.8, 4) is 0 Å². The van der Waals surface area contributed by atoms with Gasteiger partial charge in [-0.2, -0.15) is 0 Å². The molecule has 0 aromatic heterocycles. The average Bonchev–Trinajstić information content (AvgIpc) is 2.50. The molecule has 0 unspecified atom stereocenters. The van der Waals surface area contributed by atoms with Gasteiger partial charge in [0.25, 0.3) is 0 Å². The lowest BCUT2D eigenvalue weighted by Gasteiger charge is -2.22. The van der Waals surface area contributed by atoms with Crippen molar-refractivity contribution in [2.45, 2.75) is 115 Å². The van der Waals surface area contributed by atoms with E-state index in [1.807, 2.05) is 0 Å². The van der Waals surface area contributed by atoms with Crippen molar-refractivity contribution in [1.29, 1.82) is 0 Å². The zero-order valence-electron chi connectivity index (χ0n) is 15.3. The van der Waals surface area contributed by atoms with Gasteiger partial charge in [-0.3, -0.25) is 9.59 Å². The van der Waals surface area contributed by atoms with Crippen LogP contribution in [0.2, 0.25) is 0 Å². The van der Waals surface area contributed by atoms with E-state index >= 15 is 0 Å². The van der Waals surface area contributed by atoms with Gasteiger partial charge >= 0.3 is 0 Å². The molecule has 2 fully saturated rings. The second kappa shape index (κ2) is 11.5. The first-order valence-electron chi connectivity index (χ1n) is 10.3. The Kier molecular flexibility index (Phi) is 9.22. The van der Waals surface area contributed by atoms with Crippen molar-refractivity contribution in [1.82, 2.24) is 10.6 Å². The highest BCUT2D eigenvalue weighted by molar-refractivity contribution is 5.83.